The summed E-state index contributed by atoms with van der Waals surface area (Å²) in [5.74, 6) is 0.571. The van der Waals surface area contributed by atoms with Crippen LogP contribution in [0.4, 0.5) is 0 Å². The number of nitrogens with zero attached hydrogens (tertiary/aromatic N) is 1. The maximum Gasteiger partial charge on any atom is 0.308 e. The van der Waals surface area contributed by atoms with Crippen molar-refractivity contribution in [1.82, 2.24) is 4.98 Å². The standard InChI is InChI=1S/C16H15NO3/c1-12(18)20-15-6-5-14(11-16(15)19-2)4-3-13-7-9-17-10-8-13/h3-11H,1-2H3. The maximum atomic E-state index is 11.0. The highest BCUT2D eigenvalue weighted by Crippen LogP contribution is 2.28. The SMILES string of the molecule is COc1cc(C=Cc2ccncc2)ccc1OC(C)=O. The summed E-state index contributed by atoms with van der Waals surface area (Å²) in [5.41, 5.74) is 2.01. The number of esters is 1. The number of methoxy groups -OCH3 is 1. The fourth-order valence-electron chi connectivity index (χ4n) is 1.69. The molecule has 2 rings (SSSR count). The Kier molecular flexibility index (Phi) is 4.50. The van der Waals surface area contributed by atoms with Crippen LogP contribution in [-0.2, 0) is 4.79 Å². The van der Waals surface area contributed by atoms with Gasteiger partial charge in [0, 0.05) is 19.3 Å². The van der Waals surface area contributed by atoms with Gasteiger partial charge in [-0.1, -0.05) is 18.2 Å². The molecule has 20 heavy (non-hydrogen) atoms. The third-order valence-electron chi connectivity index (χ3n) is 2.62. The van der Waals surface area contributed by atoms with Gasteiger partial charge in [0.2, 0.25) is 0 Å². The molecule has 0 spiro atoms. The zero-order valence-electron chi connectivity index (χ0n) is 11.4. The van der Waals surface area contributed by atoms with E-state index >= 15 is 0 Å². The first kappa shape index (κ1) is 13.8. The molecule has 1 aromatic heterocycles. The van der Waals surface area contributed by atoms with E-state index in [1.807, 2.05) is 36.4 Å². The summed E-state index contributed by atoms with van der Waals surface area (Å²) in [6, 6.07) is 9.23. The molecular weight excluding hydrogens is 254 g/mol. The highest BCUT2D eigenvalue weighted by atomic mass is 16.6. The molecule has 0 saturated heterocycles. The molecule has 0 unspecified atom stereocenters. The summed E-state index contributed by atoms with van der Waals surface area (Å²) >= 11 is 0. The van der Waals surface area contributed by atoms with Crippen molar-refractivity contribution in [2.75, 3.05) is 7.11 Å². The molecule has 0 aliphatic heterocycles. The van der Waals surface area contributed by atoms with Gasteiger partial charge in [-0.05, 0) is 35.4 Å². The maximum absolute atomic E-state index is 11.0. The predicted octanol–water partition coefficient (Wildman–Crippen LogP) is 3.19. The molecule has 1 heterocycles. The van der Waals surface area contributed by atoms with E-state index < -0.39 is 0 Å². The van der Waals surface area contributed by atoms with Gasteiger partial charge in [-0.15, -0.1) is 0 Å². The van der Waals surface area contributed by atoms with Crippen molar-refractivity contribution in [3.05, 3.63) is 53.9 Å². The number of carbonyl (C=O) groups is 1. The van der Waals surface area contributed by atoms with Crippen molar-refractivity contribution in [2.24, 2.45) is 0 Å². The van der Waals surface area contributed by atoms with Crippen LogP contribution in [-0.4, -0.2) is 18.1 Å². The van der Waals surface area contributed by atoms with E-state index in [9.17, 15) is 4.79 Å². The smallest absolute Gasteiger partial charge is 0.308 e. The number of hydrogen-bond donors (Lipinski definition) is 0. The molecule has 102 valence electrons. The second-order valence-electron chi connectivity index (χ2n) is 4.12. The Bertz CT molecular complexity index is 621. The van der Waals surface area contributed by atoms with E-state index in [1.54, 1.807) is 25.6 Å². The Morgan fingerprint density at radius 2 is 1.75 bits per heavy atom. The van der Waals surface area contributed by atoms with Gasteiger partial charge in [-0.25, -0.2) is 0 Å². The van der Waals surface area contributed by atoms with Crippen LogP contribution in [0.15, 0.2) is 42.7 Å². The topological polar surface area (TPSA) is 48.4 Å². The zero-order chi connectivity index (χ0) is 14.4. The van der Waals surface area contributed by atoms with E-state index in [2.05, 4.69) is 4.98 Å². The van der Waals surface area contributed by atoms with Crippen LogP contribution in [0, 0.1) is 0 Å². The molecule has 0 amide bonds. The number of pyridine rings is 1. The number of ether oxygens (including phenoxy) is 2. The molecule has 1 aromatic carbocycles. The molecule has 0 saturated carbocycles. The fraction of sp³-hybridized carbons (Fsp3) is 0.125. The van der Waals surface area contributed by atoms with Crippen LogP contribution >= 0.6 is 0 Å². The van der Waals surface area contributed by atoms with Gasteiger partial charge in [0.05, 0.1) is 7.11 Å². The fourth-order valence-corrected chi connectivity index (χ4v) is 1.69. The van der Waals surface area contributed by atoms with E-state index in [-0.39, 0.29) is 5.97 Å². The molecule has 0 atom stereocenters. The molecule has 0 aliphatic rings. The summed E-state index contributed by atoms with van der Waals surface area (Å²) in [4.78, 5) is 14.9. The summed E-state index contributed by atoms with van der Waals surface area (Å²) in [6.07, 6.45) is 7.41. The third kappa shape index (κ3) is 3.68. The van der Waals surface area contributed by atoms with Gasteiger partial charge in [0.25, 0.3) is 0 Å². The van der Waals surface area contributed by atoms with Crippen LogP contribution in [0.5, 0.6) is 11.5 Å². The zero-order valence-corrected chi connectivity index (χ0v) is 11.4. The first-order chi connectivity index (χ1) is 9.69. The Morgan fingerprint density at radius 3 is 2.40 bits per heavy atom. The van der Waals surface area contributed by atoms with E-state index in [0.717, 1.165) is 11.1 Å². The summed E-state index contributed by atoms with van der Waals surface area (Å²) < 4.78 is 10.3. The monoisotopic (exact) mass is 269 g/mol. The largest absolute Gasteiger partial charge is 0.493 e. The lowest BCUT2D eigenvalue weighted by Crippen LogP contribution is -2.02. The minimum absolute atomic E-state index is 0.372. The summed E-state index contributed by atoms with van der Waals surface area (Å²) in [5, 5.41) is 0. The molecule has 0 radical (unpaired) electrons. The van der Waals surface area contributed by atoms with Crippen LogP contribution in [0.1, 0.15) is 18.1 Å². The highest BCUT2D eigenvalue weighted by molar-refractivity contribution is 5.73. The predicted molar refractivity (Wildman–Crippen MR) is 77.5 cm³/mol. The van der Waals surface area contributed by atoms with Crippen LogP contribution in [0.25, 0.3) is 12.2 Å². The first-order valence-corrected chi connectivity index (χ1v) is 6.13. The number of carbonyl (C=O) groups excluding carboxylic acids is 1. The first-order valence-electron chi connectivity index (χ1n) is 6.13. The molecule has 0 bridgehead atoms. The lowest BCUT2D eigenvalue weighted by molar-refractivity contribution is -0.132. The Morgan fingerprint density at radius 1 is 1.05 bits per heavy atom. The average molecular weight is 269 g/mol. The van der Waals surface area contributed by atoms with Crippen molar-refractivity contribution < 1.29 is 14.3 Å². The number of hydrogen-bond acceptors (Lipinski definition) is 4. The number of rotatable bonds is 4. The average Bonchev–Trinajstić information content (AvgIpc) is 2.46. The Balaban J connectivity index is 2.21. The van der Waals surface area contributed by atoms with Crippen molar-refractivity contribution >= 4 is 18.1 Å². The molecule has 0 fully saturated rings. The summed E-state index contributed by atoms with van der Waals surface area (Å²) in [7, 11) is 1.54. The summed E-state index contributed by atoms with van der Waals surface area (Å²) in [6.45, 7) is 1.36. The lowest BCUT2D eigenvalue weighted by atomic mass is 10.1. The second-order valence-corrected chi connectivity index (χ2v) is 4.12. The molecule has 2 aromatic rings. The Hall–Kier alpha value is -2.62. The molecule has 4 heteroatoms. The van der Waals surface area contributed by atoms with Gasteiger partial charge in [0.1, 0.15) is 0 Å². The van der Waals surface area contributed by atoms with Crippen molar-refractivity contribution in [2.45, 2.75) is 6.92 Å². The van der Waals surface area contributed by atoms with Gasteiger partial charge >= 0.3 is 5.97 Å². The van der Waals surface area contributed by atoms with Gasteiger partial charge in [0.15, 0.2) is 11.5 Å². The quantitative estimate of drug-likeness (QED) is 0.631. The van der Waals surface area contributed by atoms with Crippen LogP contribution in [0.3, 0.4) is 0 Å². The number of aromatic nitrogens is 1. The normalized spacial score (nSPS) is 10.5. The van der Waals surface area contributed by atoms with Gasteiger partial charge in [-0.3, -0.25) is 9.78 Å². The van der Waals surface area contributed by atoms with Crippen molar-refractivity contribution in [3.63, 3.8) is 0 Å². The molecular formula is C16H15NO3. The van der Waals surface area contributed by atoms with E-state index in [1.165, 1.54) is 6.92 Å². The van der Waals surface area contributed by atoms with Crippen LogP contribution < -0.4 is 9.47 Å². The molecule has 0 N–H and O–H groups in total. The van der Waals surface area contributed by atoms with Gasteiger partial charge < -0.3 is 9.47 Å². The van der Waals surface area contributed by atoms with Gasteiger partial charge in [-0.2, -0.15) is 0 Å². The highest BCUT2D eigenvalue weighted by Gasteiger charge is 2.06. The van der Waals surface area contributed by atoms with Crippen molar-refractivity contribution in [1.29, 1.82) is 0 Å². The molecule has 4 nitrogen and oxygen atoms in total. The molecule has 0 aliphatic carbocycles. The third-order valence-corrected chi connectivity index (χ3v) is 2.62. The second kappa shape index (κ2) is 6.52. The number of benzene rings is 1. The minimum atomic E-state index is -0.372. The minimum Gasteiger partial charge on any atom is -0.493 e. The van der Waals surface area contributed by atoms with Crippen LogP contribution in [0.2, 0.25) is 0 Å². The Labute approximate surface area is 117 Å². The lowest BCUT2D eigenvalue weighted by Gasteiger charge is -2.08. The van der Waals surface area contributed by atoms with E-state index in [0.29, 0.717) is 11.5 Å². The van der Waals surface area contributed by atoms with Crippen molar-refractivity contribution in [3.8, 4) is 11.5 Å². The van der Waals surface area contributed by atoms with E-state index in [4.69, 9.17) is 9.47 Å².